The highest BCUT2D eigenvalue weighted by molar-refractivity contribution is 5.45. The Hall–Kier alpha value is -1.30. The third kappa shape index (κ3) is 3.85. The minimum absolute atomic E-state index is 0.393. The van der Waals surface area contributed by atoms with Crippen molar-refractivity contribution in [1.82, 2.24) is 10.3 Å². The van der Waals surface area contributed by atoms with E-state index >= 15 is 0 Å². The lowest BCUT2D eigenvalue weighted by atomic mass is 10.1. The number of rotatable bonds is 3. The van der Waals surface area contributed by atoms with E-state index in [2.05, 4.69) is 22.1 Å². The van der Waals surface area contributed by atoms with E-state index < -0.39 is 11.9 Å². The molecule has 0 radical (unpaired) electrons. The molecule has 2 heterocycles. The summed E-state index contributed by atoms with van der Waals surface area (Å²) in [4.78, 5) is 5.66. The summed E-state index contributed by atoms with van der Waals surface area (Å²) in [6, 6.07) is 2.97. The van der Waals surface area contributed by atoms with Crippen molar-refractivity contribution < 1.29 is 13.2 Å². The Morgan fingerprint density at radius 2 is 2.20 bits per heavy atom. The van der Waals surface area contributed by atoms with Crippen molar-refractivity contribution in [2.24, 2.45) is 0 Å². The summed E-state index contributed by atoms with van der Waals surface area (Å²) >= 11 is 0. The Balaban J connectivity index is 2.09. The van der Waals surface area contributed by atoms with E-state index in [-0.39, 0.29) is 0 Å². The quantitative estimate of drug-likeness (QED) is 0.926. The fourth-order valence-corrected chi connectivity index (χ4v) is 2.52. The van der Waals surface area contributed by atoms with Gasteiger partial charge in [0.2, 0.25) is 0 Å². The van der Waals surface area contributed by atoms with Gasteiger partial charge in [0, 0.05) is 19.1 Å². The van der Waals surface area contributed by atoms with Crippen molar-refractivity contribution >= 4 is 5.69 Å². The second-order valence-electron chi connectivity index (χ2n) is 5.14. The molecule has 0 amide bonds. The molecule has 1 atom stereocenters. The van der Waals surface area contributed by atoms with Crippen molar-refractivity contribution in [3.05, 3.63) is 24.0 Å². The number of halogens is 3. The first-order valence-electron chi connectivity index (χ1n) is 7.02. The Morgan fingerprint density at radius 3 is 2.80 bits per heavy atom. The Labute approximate surface area is 117 Å². The van der Waals surface area contributed by atoms with Crippen molar-refractivity contribution in [1.29, 1.82) is 0 Å². The van der Waals surface area contributed by atoms with Crippen LogP contribution in [0.1, 0.15) is 31.9 Å². The maximum Gasteiger partial charge on any atom is 0.433 e. The summed E-state index contributed by atoms with van der Waals surface area (Å²) in [5, 5.41) is 3.48. The molecule has 1 N–H and O–H groups in total. The van der Waals surface area contributed by atoms with Crippen LogP contribution in [0.2, 0.25) is 0 Å². The van der Waals surface area contributed by atoms with Gasteiger partial charge in [-0.05, 0) is 31.5 Å². The van der Waals surface area contributed by atoms with Gasteiger partial charge >= 0.3 is 6.18 Å². The van der Waals surface area contributed by atoms with Gasteiger partial charge in [-0.2, -0.15) is 13.2 Å². The summed E-state index contributed by atoms with van der Waals surface area (Å²) in [5.41, 5.74) is -0.0675. The molecular weight excluding hydrogens is 267 g/mol. The standard InChI is InChI=1S/C14H20F3N3/c1-2-4-11-10-20(8-3-7-18-11)12-5-6-13(19-9-12)14(15,16)17/h5-6,9,11,18H,2-4,7-8,10H2,1H3. The molecule has 1 aliphatic heterocycles. The van der Waals surface area contributed by atoms with Gasteiger partial charge in [-0.3, -0.25) is 0 Å². The Kier molecular flexibility index (Phi) is 4.86. The van der Waals surface area contributed by atoms with Gasteiger partial charge in [0.15, 0.2) is 0 Å². The monoisotopic (exact) mass is 287 g/mol. The highest BCUT2D eigenvalue weighted by atomic mass is 19.4. The van der Waals surface area contributed by atoms with Crippen molar-refractivity contribution in [2.45, 2.75) is 38.4 Å². The summed E-state index contributed by atoms with van der Waals surface area (Å²) in [6.45, 7) is 4.76. The Bertz CT molecular complexity index is 417. The number of nitrogens with one attached hydrogen (secondary N) is 1. The topological polar surface area (TPSA) is 28.2 Å². The number of aromatic nitrogens is 1. The Morgan fingerprint density at radius 1 is 1.40 bits per heavy atom. The van der Waals surface area contributed by atoms with E-state index in [1.54, 1.807) is 0 Å². The normalized spacial score (nSPS) is 20.8. The minimum Gasteiger partial charge on any atom is -0.369 e. The molecule has 0 aromatic carbocycles. The SMILES string of the molecule is CCCC1CN(c2ccc(C(F)(F)F)nc2)CCCN1. The molecule has 1 saturated heterocycles. The number of anilines is 1. The average Bonchev–Trinajstić information content (AvgIpc) is 2.64. The van der Waals surface area contributed by atoms with Crippen LogP contribution in [0.15, 0.2) is 18.3 Å². The van der Waals surface area contributed by atoms with Crippen LogP contribution < -0.4 is 10.2 Å². The van der Waals surface area contributed by atoms with Crippen molar-refractivity contribution in [3.63, 3.8) is 0 Å². The van der Waals surface area contributed by atoms with Crippen LogP contribution in [-0.4, -0.2) is 30.7 Å². The lowest BCUT2D eigenvalue weighted by molar-refractivity contribution is -0.141. The molecule has 2 rings (SSSR count). The fourth-order valence-electron chi connectivity index (χ4n) is 2.52. The molecule has 0 aliphatic carbocycles. The fraction of sp³-hybridized carbons (Fsp3) is 0.643. The predicted octanol–water partition coefficient (Wildman–Crippen LogP) is 3.07. The van der Waals surface area contributed by atoms with Crippen LogP contribution in [0.5, 0.6) is 0 Å². The molecule has 1 unspecified atom stereocenters. The largest absolute Gasteiger partial charge is 0.433 e. The van der Waals surface area contributed by atoms with Gasteiger partial charge in [0.25, 0.3) is 0 Å². The zero-order valence-corrected chi connectivity index (χ0v) is 11.6. The second kappa shape index (κ2) is 6.43. The third-order valence-corrected chi connectivity index (χ3v) is 3.52. The van der Waals surface area contributed by atoms with Crippen LogP contribution >= 0.6 is 0 Å². The molecule has 0 bridgehead atoms. The van der Waals surface area contributed by atoms with Crippen molar-refractivity contribution in [3.8, 4) is 0 Å². The van der Waals surface area contributed by atoms with E-state index in [9.17, 15) is 13.2 Å². The first-order valence-corrected chi connectivity index (χ1v) is 7.02. The van der Waals surface area contributed by atoms with E-state index in [4.69, 9.17) is 0 Å². The average molecular weight is 287 g/mol. The number of nitrogens with zero attached hydrogens (tertiary/aromatic N) is 2. The maximum atomic E-state index is 12.5. The molecule has 1 aromatic rings. The lowest BCUT2D eigenvalue weighted by Crippen LogP contribution is -2.37. The zero-order valence-electron chi connectivity index (χ0n) is 11.6. The molecule has 112 valence electrons. The van der Waals surface area contributed by atoms with Crippen LogP contribution in [0, 0.1) is 0 Å². The molecule has 20 heavy (non-hydrogen) atoms. The van der Waals surface area contributed by atoms with Gasteiger partial charge in [-0.25, -0.2) is 4.98 Å². The zero-order chi connectivity index (χ0) is 14.6. The molecule has 0 saturated carbocycles. The summed E-state index contributed by atoms with van der Waals surface area (Å²) < 4.78 is 37.5. The van der Waals surface area contributed by atoms with Crippen LogP contribution in [-0.2, 0) is 6.18 Å². The van der Waals surface area contributed by atoms with E-state index in [1.807, 2.05) is 0 Å². The number of pyridine rings is 1. The number of hydrogen-bond donors (Lipinski definition) is 1. The highest BCUT2D eigenvalue weighted by Gasteiger charge is 2.32. The van der Waals surface area contributed by atoms with Crippen LogP contribution in [0.25, 0.3) is 0 Å². The summed E-state index contributed by atoms with van der Waals surface area (Å²) in [5.74, 6) is 0. The smallest absolute Gasteiger partial charge is 0.369 e. The van der Waals surface area contributed by atoms with Gasteiger partial charge in [0.05, 0.1) is 11.9 Å². The number of hydrogen-bond acceptors (Lipinski definition) is 3. The van der Waals surface area contributed by atoms with E-state index in [0.717, 1.165) is 50.7 Å². The van der Waals surface area contributed by atoms with Gasteiger partial charge in [0.1, 0.15) is 5.69 Å². The third-order valence-electron chi connectivity index (χ3n) is 3.52. The molecule has 6 heteroatoms. The van der Waals surface area contributed by atoms with E-state index in [0.29, 0.717) is 6.04 Å². The van der Waals surface area contributed by atoms with Gasteiger partial charge < -0.3 is 10.2 Å². The first kappa shape index (κ1) is 15.1. The summed E-state index contributed by atoms with van der Waals surface area (Å²) in [7, 11) is 0. The maximum absolute atomic E-state index is 12.5. The minimum atomic E-state index is -4.37. The lowest BCUT2D eigenvalue weighted by Gasteiger charge is -2.26. The molecule has 1 fully saturated rings. The van der Waals surface area contributed by atoms with Gasteiger partial charge in [-0.15, -0.1) is 0 Å². The molecule has 0 spiro atoms. The van der Waals surface area contributed by atoms with Crippen molar-refractivity contribution in [2.75, 3.05) is 24.5 Å². The second-order valence-corrected chi connectivity index (χ2v) is 5.14. The summed E-state index contributed by atoms with van der Waals surface area (Å²) in [6.07, 6.45) is 0.114. The van der Waals surface area contributed by atoms with Crippen LogP contribution in [0.4, 0.5) is 18.9 Å². The van der Waals surface area contributed by atoms with Gasteiger partial charge in [-0.1, -0.05) is 13.3 Å². The predicted molar refractivity (Wildman–Crippen MR) is 72.8 cm³/mol. The molecule has 1 aliphatic rings. The highest BCUT2D eigenvalue weighted by Crippen LogP contribution is 2.28. The molecule has 3 nitrogen and oxygen atoms in total. The molecule has 1 aromatic heterocycles. The first-order chi connectivity index (χ1) is 9.50. The van der Waals surface area contributed by atoms with Crippen LogP contribution in [0.3, 0.4) is 0 Å². The number of alkyl halides is 3. The van der Waals surface area contributed by atoms with E-state index in [1.165, 1.54) is 12.3 Å². The molecular formula is C14H20F3N3.